The van der Waals surface area contributed by atoms with Gasteiger partial charge in [-0.3, -0.25) is 9.59 Å². The van der Waals surface area contributed by atoms with Gasteiger partial charge >= 0.3 is 0 Å². The number of Topliss-reactive ketones (excluding diaryl/α,β-unsaturated/α-hetero) is 1. The van der Waals surface area contributed by atoms with Gasteiger partial charge in [0.05, 0.1) is 11.8 Å². The first-order valence-corrected chi connectivity index (χ1v) is 11.6. The van der Waals surface area contributed by atoms with Crippen molar-refractivity contribution in [3.8, 4) is 22.3 Å². The van der Waals surface area contributed by atoms with Gasteiger partial charge in [-0.05, 0) is 23.8 Å². The molecule has 174 valence electrons. The van der Waals surface area contributed by atoms with Crippen molar-refractivity contribution in [2.75, 3.05) is 7.05 Å². The fraction of sp³-hybridized carbons (Fsp3) is 0.222. The molecule has 0 fully saturated rings. The summed E-state index contributed by atoms with van der Waals surface area (Å²) in [5, 5.41) is 4.38. The first kappa shape index (κ1) is 24.0. The molecular weight excluding hydrogens is 471 g/mol. The smallest absolute Gasteiger partial charge is 0.227 e. The highest BCUT2D eigenvalue weighted by Crippen LogP contribution is 2.44. The number of pyridine rings is 1. The molecular formula is C27H24Cl2N2O3. The molecule has 0 atom stereocenters. The van der Waals surface area contributed by atoms with Gasteiger partial charge in [0.1, 0.15) is 0 Å². The number of benzene rings is 2. The topological polar surface area (TPSA) is 72.2 Å². The lowest BCUT2D eigenvalue weighted by atomic mass is 9.86. The zero-order valence-corrected chi connectivity index (χ0v) is 20.8. The monoisotopic (exact) mass is 494 g/mol. The van der Waals surface area contributed by atoms with E-state index < -0.39 is 5.41 Å². The van der Waals surface area contributed by atoms with Gasteiger partial charge in [0.2, 0.25) is 17.4 Å². The van der Waals surface area contributed by atoms with Crippen LogP contribution in [0.4, 0.5) is 0 Å². The van der Waals surface area contributed by atoms with Crippen molar-refractivity contribution in [2.45, 2.75) is 27.2 Å². The van der Waals surface area contributed by atoms with Gasteiger partial charge in [0.25, 0.3) is 0 Å². The van der Waals surface area contributed by atoms with Gasteiger partial charge in [-0.25, -0.2) is 4.98 Å². The molecule has 1 N–H and O–H groups in total. The van der Waals surface area contributed by atoms with Crippen LogP contribution in [0, 0.1) is 5.41 Å². The summed E-state index contributed by atoms with van der Waals surface area (Å²) in [5.74, 6) is -0.310. The van der Waals surface area contributed by atoms with Crippen molar-refractivity contribution in [1.82, 2.24) is 10.3 Å². The van der Waals surface area contributed by atoms with Crippen molar-refractivity contribution in [2.24, 2.45) is 5.41 Å². The van der Waals surface area contributed by atoms with Crippen LogP contribution in [0.1, 0.15) is 36.9 Å². The average Bonchev–Trinajstić information content (AvgIpc) is 3.16. The molecule has 0 unspecified atom stereocenters. The van der Waals surface area contributed by atoms with Crippen LogP contribution in [0.5, 0.6) is 0 Å². The Morgan fingerprint density at radius 1 is 1.00 bits per heavy atom. The second-order valence-electron chi connectivity index (χ2n) is 9.05. The summed E-state index contributed by atoms with van der Waals surface area (Å²) < 4.78 is 6.04. The Morgan fingerprint density at radius 2 is 1.68 bits per heavy atom. The van der Waals surface area contributed by atoms with Crippen molar-refractivity contribution in [3.63, 3.8) is 0 Å². The van der Waals surface area contributed by atoms with Gasteiger partial charge in [-0.15, -0.1) is 0 Å². The van der Waals surface area contributed by atoms with E-state index in [4.69, 9.17) is 27.6 Å². The number of nitrogens with one attached hydrogen (secondary N) is 1. The molecule has 1 amide bonds. The van der Waals surface area contributed by atoms with E-state index in [0.717, 1.165) is 22.3 Å². The molecule has 0 saturated heterocycles. The average molecular weight is 495 g/mol. The molecule has 5 nitrogen and oxygen atoms in total. The molecule has 2 aromatic carbocycles. The lowest BCUT2D eigenvalue weighted by Gasteiger charge is -2.16. The molecule has 0 radical (unpaired) electrons. The number of carbonyl (C=O) groups excluding carboxylic acids is 2. The molecule has 2 aromatic heterocycles. The molecule has 0 spiro atoms. The van der Waals surface area contributed by atoms with E-state index in [1.165, 1.54) is 0 Å². The highest BCUT2D eigenvalue weighted by molar-refractivity contribution is 6.34. The highest BCUT2D eigenvalue weighted by Gasteiger charge is 2.33. The number of rotatable bonds is 5. The number of nitrogens with zero attached hydrogens (tertiary/aromatic N) is 1. The number of aromatic nitrogens is 1. The second-order valence-corrected chi connectivity index (χ2v) is 9.90. The molecule has 0 bridgehead atoms. The third-order valence-corrected chi connectivity index (χ3v) is 6.20. The lowest BCUT2D eigenvalue weighted by molar-refractivity contribution is -0.119. The number of likely N-dealkylation sites (N-methyl/N-ethyl adjacent to an activating group) is 1. The molecule has 0 saturated carbocycles. The molecule has 4 rings (SSSR count). The van der Waals surface area contributed by atoms with E-state index in [-0.39, 0.29) is 29.6 Å². The minimum absolute atomic E-state index is 0.0378. The number of fused-ring (bicyclic) bond motifs is 1. The first-order chi connectivity index (χ1) is 16.1. The van der Waals surface area contributed by atoms with E-state index in [9.17, 15) is 9.59 Å². The van der Waals surface area contributed by atoms with E-state index >= 15 is 0 Å². The van der Waals surface area contributed by atoms with Crippen LogP contribution in [0.15, 0.2) is 59.1 Å². The van der Waals surface area contributed by atoms with Gasteiger partial charge in [-0.1, -0.05) is 74.3 Å². The maximum absolute atomic E-state index is 13.3. The van der Waals surface area contributed by atoms with Crippen LogP contribution < -0.4 is 5.32 Å². The van der Waals surface area contributed by atoms with Gasteiger partial charge in [0.15, 0.2) is 5.76 Å². The zero-order valence-electron chi connectivity index (χ0n) is 19.3. The van der Waals surface area contributed by atoms with E-state index in [1.54, 1.807) is 31.4 Å². The summed E-state index contributed by atoms with van der Waals surface area (Å²) >= 11 is 12.8. The number of hydrogen-bond acceptors (Lipinski definition) is 4. The summed E-state index contributed by atoms with van der Waals surface area (Å²) in [6, 6.07) is 14.8. The predicted molar refractivity (Wildman–Crippen MR) is 136 cm³/mol. The number of furan rings is 1. The summed E-state index contributed by atoms with van der Waals surface area (Å²) in [4.78, 5) is 30.4. The number of hydrogen-bond donors (Lipinski definition) is 1. The van der Waals surface area contributed by atoms with E-state index in [2.05, 4.69) is 10.3 Å². The third kappa shape index (κ3) is 4.46. The van der Waals surface area contributed by atoms with E-state index in [0.29, 0.717) is 21.0 Å². The van der Waals surface area contributed by atoms with Gasteiger partial charge in [-0.2, -0.15) is 0 Å². The first-order valence-electron chi connectivity index (χ1n) is 10.8. The van der Waals surface area contributed by atoms with Crippen LogP contribution in [0.2, 0.25) is 10.0 Å². The molecule has 4 aromatic rings. The number of carbonyl (C=O) groups is 2. The van der Waals surface area contributed by atoms with Crippen LogP contribution in [-0.4, -0.2) is 23.7 Å². The van der Waals surface area contributed by atoms with Crippen molar-refractivity contribution >= 4 is 46.0 Å². The summed E-state index contributed by atoms with van der Waals surface area (Å²) in [6.07, 6.45) is 1.66. The largest absolute Gasteiger partial charge is 0.434 e. The molecule has 0 aliphatic heterocycles. The number of amides is 1. The minimum Gasteiger partial charge on any atom is -0.434 e. The zero-order chi connectivity index (χ0) is 24.6. The Morgan fingerprint density at radius 3 is 2.29 bits per heavy atom. The fourth-order valence-electron chi connectivity index (χ4n) is 3.86. The lowest BCUT2D eigenvalue weighted by Crippen LogP contribution is -2.24. The van der Waals surface area contributed by atoms with Gasteiger partial charge in [0, 0.05) is 51.0 Å². The maximum atomic E-state index is 13.3. The standard InChI is InChI=1S/C27H24Cl2N2O3/c1-27(2,3)25(33)24-18(13-21(32)30-4)23-22(17-7-5-6-8-20(17)29)19(14-31-26(23)34-24)15-9-11-16(28)12-10-15/h5-12,14H,13H2,1-4H3,(H,30,32). The molecule has 0 aliphatic rings. The Kier molecular flexibility index (Phi) is 6.52. The fourth-order valence-corrected chi connectivity index (χ4v) is 4.21. The van der Waals surface area contributed by atoms with Crippen molar-refractivity contribution < 1.29 is 14.0 Å². The Hall–Kier alpha value is -3.15. The number of ketones is 1. The molecule has 0 aliphatic carbocycles. The quantitative estimate of drug-likeness (QED) is 0.303. The Balaban J connectivity index is 2.15. The molecule has 7 heteroatoms. The van der Waals surface area contributed by atoms with E-state index in [1.807, 2.05) is 51.1 Å². The minimum atomic E-state index is -0.713. The summed E-state index contributed by atoms with van der Waals surface area (Å²) in [7, 11) is 1.56. The summed E-state index contributed by atoms with van der Waals surface area (Å²) in [5.41, 5.74) is 3.19. The van der Waals surface area contributed by atoms with Crippen LogP contribution >= 0.6 is 23.2 Å². The van der Waals surface area contributed by atoms with Crippen molar-refractivity contribution in [3.05, 3.63) is 76.1 Å². The number of halogens is 2. The SMILES string of the molecule is CNC(=O)Cc1c(C(=O)C(C)(C)C)oc2ncc(-c3ccc(Cl)cc3)c(-c3ccccc3Cl)c12. The normalized spacial score (nSPS) is 11.6. The maximum Gasteiger partial charge on any atom is 0.227 e. The Labute approximate surface area is 208 Å². The van der Waals surface area contributed by atoms with Crippen molar-refractivity contribution in [1.29, 1.82) is 0 Å². The third-order valence-electron chi connectivity index (χ3n) is 5.62. The van der Waals surface area contributed by atoms with Gasteiger partial charge < -0.3 is 9.73 Å². The molecule has 2 heterocycles. The highest BCUT2D eigenvalue weighted by atomic mass is 35.5. The predicted octanol–water partition coefficient (Wildman–Crippen LogP) is 6.99. The summed E-state index contributed by atoms with van der Waals surface area (Å²) in [6.45, 7) is 5.44. The Bertz CT molecular complexity index is 1400. The van der Waals surface area contributed by atoms with Crippen LogP contribution in [-0.2, 0) is 11.2 Å². The molecule has 34 heavy (non-hydrogen) atoms. The van der Waals surface area contributed by atoms with Crippen LogP contribution in [0.3, 0.4) is 0 Å². The second kappa shape index (κ2) is 9.24. The van der Waals surface area contributed by atoms with Crippen LogP contribution in [0.25, 0.3) is 33.4 Å².